The number of amides is 2. The molecule has 0 spiro atoms. The van der Waals surface area contributed by atoms with Crippen LogP contribution in [0.25, 0.3) is 0 Å². The maximum Gasteiger partial charge on any atom is 0.253 e. The molecule has 2 amide bonds. The number of hydrogen-bond acceptors (Lipinski definition) is 4. The minimum absolute atomic E-state index is 0.0430. The summed E-state index contributed by atoms with van der Waals surface area (Å²) in [5.41, 5.74) is 0.697. The van der Waals surface area contributed by atoms with Crippen LogP contribution in [0, 0.1) is 5.92 Å². The predicted octanol–water partition coefficient (Wildman–Crippen LogP) is 2.98. The van der Waals surface area contributed by atoms with Crippen molar-refractivity contribution >= 4 is 21.8 Å². The number of rotatable bonds is 8. The molecule has 7 nitrogen and oxygen atoms in total. The molecule has 0 saturated carbocycles. The van der Waals surface area contributed by atoms with Gasteiger partial charge >= 0.3 is 0 Å². The Kier molecular flexibility index (Phi) is 8.71. The van der Waals surface area contributed by atoms with Gasteiger partial charge in [0.2, 0.25) is 15.9 Å². The van der Waals surface area contributed by atoms with Gasteiger partial charge in [-0.2, -0.15) is 0 Å². The van der Waals surface area contributed by atoms with E-state index in [1.54, 1.807) is 0 Å². The van der Waals surface area contributed by atoms with E-state index in [0.29, 0.717) is 44.7 Å². The monoisotopic (exact) mass is 463 g/mol. The lowest BCUT2D eigenvalue weighted by Gasteiger charge is -2.41. The Balaban J connectivity index is 1.62. The van der Waals surface area contributed by atoms with Crippen molar-refractivity contribution < 1.29 is 18.0 Å². The van der Waals surface area contributed by atoms with Crippen molar-refractivity contribution in [1.82, 2.24) is 14.1 Å². The standard InChI is InChI=1S/C24H37N3O4S/c1-3-14-27(24(29)21-11-8-15-26(19-21)32(30,31)18-4-2)22-12-16-25(17-13-22)23(28)20-9-6-5-7-10-20/h5-7,9-10,21-22H,3-4,8,11-19H2,1-2H3. The van der Waals surface area contributed by atoms with Crippen LogP contribution in [0.4, 0.5) is 0 Å². The van der Waals surface area contributed by atoms with Crippen LogP contribution in [0.15, 0.2) is 30.3 Å². The number of likely N-dealkylation sites (tertiary alicyclic amines) is 1. The molecule has 0 aromatic heterocycles. The van der Waals surface area contributed by atoms with Crippen LogP contribution < -0.4 is 0 Å². The van der Waals surface area contributed by atoms with Crippen molar-refractivity contribution in [3.8, 4) is 0 Å². The summed E-state index contributed by atoms with van der Waals surface area (Å²) in [6.07, 6.45) is 4.43. The highest BCUT2D eigenvalue weighted by Crippen LogP contribution is 2.26. The predicted molar refractivity (Wildman–Crippen MR) is 126 cm³/mol. The van der Waals surface area contributed by atoms with Gasteiger partial charge < -0.3 is 9.80 Å². The number of hydrogen-bond donors (Lipinski definition) is 0. The highest BCUT2D eigenvalue weighted by Gasteiger charge is 2.37. The van der Waals surface area contributed by atoms with E-state index in [0.717, 1.165) is 32.1 Å². The van der Waals surface area contributed by atoms with Gasteiger partial charge in [0, 0.05) is 44.3 Å². The van der Waals surface area contributed by atoms with Gasteiger partial charge in [-0.1, -0.05) is 32.0 Å². The largest absolute Gasteiger partial charge is 0.339 e. The minimum Gasteiger partial charge on any atom is -0.339 e. The molecule has 32 heavy (non-hydrogen) atoms. The first-order valence-electron chi connectivity index (χ1n) is 12.0. The Morgan fingerprint density at radius 3 is 2.31 bits per heavy atom. The van der Waals surface area contributed by atoms with Crippen LogP contribution in [0.1, 0.15) is 62.7 Å². The third kappa shape index (κ3) is 5.90. The summed E-state index contributed by atoms with van der Waals surface area (Å²) in [5, 5.41) is 0. The molecular weight excluding hydrogens is 426 g/mol. The maximum atomic E-state index is 13.5. The fourth-order valence-corrected chi connectivity index (χ4v) is 6.46. The topological polar surface area (TPSA) is 78.0 Å². The number of sulfonamides is 1. The molecule has 8 heteroatoms. The molecule has 1 unspecified atom stereocenters. The molecule has 2 fully saturated rings. The molecule has 3 rings (SSSR count). The van der Waals surface area contributed by atoms with Gasteiger partial charge in [-0.15, -0.1) is 0 Å². The van der Waals surface area contributed by atoms with Gasteiger partial charge in [0.1, 0.15) is 0 Å². The smallest absolute Gasteiger partial charge is 0.253 e. The van der Waals surface area contributed by atoms with E-state index in [9.17, 15) is 18.0 Å². The van der Waals surface area contributed by atoms with Crippen molar-refractivity contribution in [3.63, 3.8) is 0 Å². The first kappa shape index (κ1) is 24.7. The number of benzene rings is 1. The van der Waals surface area contributed by atoms with Crippen molar-refractivity contribution in [2.75, 3.05) is 38.5 Å². The molecule has 1 atom stereocenters. The average Bonchev–Trinajstić information content (AvgIpc) is 2.82. The third-order valence-electron chi connectivity index (χ3n) is 6.55. The summed E-state index contributed by atoms with van der Waals surface area (Å²) < 4.78 is 26.6. The summed E-state index contributed by atoms with van der Waals surface area (Å²) >= 11 is 0. The Morgan fingerprint density at radius 2 is 1.69 bits per heavy atom. The molecule has 2 heterocycles. The lowest BCUT2D eigenvalue weighted by atomic mass is 9.95. The summed E-state index contributed by atoms with van der Waals surface area (Å²) in [6.45, 7) is 6.68. The molecular formula is C24H37N3O4S. The molecule has 2 aliphatic heterocycles. The Hall–Kier alpha value is -1.93. The average molecular weight is 464 g/mol. The van der Waals surface area contributed by atoms with Crippen LogP contribution in [-0.4, -0.2) is 78.9 Å². The van der Waals surface area contributed by atoms with E-state index >= 15 is 0 Å². The van der Waals surface area contributed by atoms with Crippen molar-refractivity contribution in [3.05, 3.63) is 35.9 Å². The Labute approximate surface area is 192 Å². The third-order valence-corrected chi connectivity index (χ3v) is 8.59. The molecule has 2 aliphatic rings. The zero-order valence-corrected chi connectivity index (χ0v) is 20.2. The summed E-state index contributed by atoms with van der Waals surface area (Å²) in [7, 11) is -3.29. The van der Waals surface area contributed by atoms with E-state index < -0.39 is 10.0 Å². The van der Waals surface area contributed by atoms with E-state index in [2.05, 4.69) is 6.92 Å². The first-order chi connectivity index (χ1) is 15.4. The normalized spacial score (nSPS) is 20.8. The first-order valence-corrected chi connectivity index (χ1v) is 13.6. The lowest BCUT2D eigenvalue weighted by molar-refractivity contribution is -0.140. The summed E-state index contributed by atoms with van der Waals surface area (Å²) in [5.74, 6) is -0.0102. The zero-order chi connectivity index (χ0) is 23.1. The summed E-state index contributed by atoms with van der Waals surface area (Å²) in [6, 6.07) is 9.42. The second-order valence-electron chi connectivity index (χ2n) is 8.93. The lowest BCUT2D eigenvalue weighted by Crippen LogP contribution is -2.53. The molecule has 178 valence electrons. The van der Waals surface area contributed by atoms with Gasteiger partial charge in [-0.05, 0) is 50.7 Å². The Morgan fingerprint density at radius 1 is 1.00 bits per heavy atom. The van der Waals surface area contributed by atoms with Crippen LogP contribution in [-0.2, 0) is 14.8 Å². The number of nitrogens with zero attached hydrogens (tertiary/aromatic N) is 3. The highest BCUT2D eigenvalue weighted by atomic mass is 32.2. The summed E-state index contributed by atoms with van der Waals surface area (Å²) in [4.78, 5) is 30.1. The van der Waals surface area contributed by atoms with Gasteiger partial charge in [0.05, 0.1) is 11.7 Å². The SMILES string of the molecule is CCCN(C(=O)C1CCCN(S(=O)(=O)CCC)C1)C1CCN(C(=O)c2ccccc2)CC1. The van der Waals surface area contributed by atoms with Gasteiger partial charge in [-0.25, -0.2) is 12.7 Å². The van der Waals surface area contributed by atoms with Crippen molar-refractivity contribution in [2.24, 2.45) is 5.92 Å². The Bertz CT molecular complexity index is 866. The van der Waals surface area contributed by atoms with Gasteiger partial charge in [0.25, 0.3) is 5.91 Å². The number of carbonyl (C=O) groups is 2. The van der Waals surface area contributed by atoms with E-state index in [-0.39, 0.29) is 29.5 Å². The number of piperidine rings is 2. The fourth-order valence-electron chi connectivity index (χ4n) is 4.88. The molecule has 2 saturated heterocycles. The molecule has 1 aromatic carbocycles. The van der Waals surface area contributed by atoms with Crippen LogP contribution in [0.3, 0.4) is 0 Å². The molecule has 0 bridgehead atoms. The quantitative estimate of drug-likeness (QED) is 0.594. The molecule has 0 radical (unpaired) electrons. The van der Waals surface area contributed by atoms with Crippen LogP contribution in [0.5, 0.6) is 0 Å². The molecule has 0 aliphatic carbocycles. The highest BCUT2D eigenvalue weighted by molar-refractivity contribution is 7.89. The maximum absolute atomic E-state index is 13.5. The number of carbonyl (C=O) groups excluding carboxylic acids is 2. The second-order valence-corrected chi connectivity index (χ2v) is 11.0. The molecule has 0 N–H and O–H groups in total. The van der Waals surface area contributed by atoms with Crippen LogP contribution in [0.2, 0.25) is 0 Å². The van der Waals surface area contributed by atoms with Crippen LogP contribution >= 0.6 is 0 Å². The second kappa shape index (κ2) is 11.3. The van der Waals surface area contributed by atoms with E-state index in [1.165, 1.54) is 4.31 Å². The van der Waals surface area contributed by atoms with Gasteiger partial charge in [-0.3, -0.25) is 9.59 Å². The van der Waals surface area contributed by atoms with Crippen molar-refractivity contribution in [1.29, 1.82) is 0 Å². The van der Waals surface area contributed by atoms with Gasteiger partial charge in [0.15, 0.2) is 0 Å². The van der Waals surface area contributed by atoms with E-state index in [1.807, 2.05) is 47.1 Å². The van der Waals surface area contributed by atoms with Crippen molar-refractivity contribution in [2.45, 2.75) is 58.4 Å². The van der Waals surface area contributed by atoms with E-state index in [4.69, 9.17) is 0 Å². The fraction of sp³-hybridized carbons (Fsp3) is 0.667. The molecule has 1 aromatic rings. The zero-order valence-electron chi connectivity index (χ0n) is 19.4. The minimum atomic E-state index is -3.29.